The molecule has 4 heterocycles. The smallest absolute Gasteiger partial charge is 0.166 e. The normalized spacial score (nSPS) is 26.7. The molecule has 1 unspecified atom stereocenters. The maximum absolute atomic E-state index is 6.19. The zero-order valence-electron chi connectivity index (χ0n) is 21.4. The van der Waals surface area contributed by atoms with Crippen LogP contribution >= 0.6 is 0 Å². The van der Waals surface area contributed by atoms with Gasteiger partial charge in [-0.1, -0.05) is 19.9 Å². The number of hydrogen-bond donors (Lipinski definition) is 1. The fourth-order valence-electron chi connectivity index (χ4n) is 6.46. The second-order valence-electron chi connectivity index (χ2n) is 10.9. The van der Waals surface area contributed by atoms with Crippen LogP contribution in [0, 0.1) is 5.92 Å². The number of nitrogen functional groups attached to an aromatic ring is 1. The van der Waals surface area contributed by atoms with E-state index in [0.29, 0.717) is 29.1 Å². The van der Waals surface area contributed by atoms with Gasteiger partial charge in [0.2, 0.25) is 0 Å². The van der Waals surface area contributed by atoms with Crippen LogP contribution in [-0.2, 0) is 4.74 Å². The molecule has 3 saturated carbocycles. The molecule has 3 aromatic heterocycles. The standard InChI is InChI=1S/C28H36N6O2/c1-18(2)27-32-23(17-34(27)24-15-28(13-21(24)14-28)33-8-10-35-11-9-33)20-12-25(26(29)31-16-20)36-19(3)22-6-4-5-7-30-22/h4-7,12,16-19,21,24H,8-11,13-15H2,1-3H3,(H2,29,31)/t19?,21?,24-,28?/m0/s1. The number of rotatable bonds is 7. The summed E-state index contributed by atoms with van der Waals surface area (Å²) in [5.74, 6) is 3.11. The number of ether oxygens (including phenoxy) is 2. The summed E-state index contributed by atoms with van der Waals surface area (Å²) in [6, 6.07) is 8.25. The third-order valence-corrected chi connectivity index (χ3v) is 8.32. The highest BCUT2D eigenvalue weighted by Gasteiger charge is 2.59. The predicted molar refractivity (Wildman–Crippen MR) is 139 cm³/mol. The molecule has 2 N–H and O–H groups in total. The zero-order valence-corrected chi connectivity index (χ0v) is 21.4. The quantitative estimate of drug-likeness (QED) is 0.519. The summed E-state index contributed by atoms with van der Waals surface area (Å²) in [5.41, 5.74) is 9.23. The second kappa shape index (κ2) is 9.16. The first kappa shape index (κ1) is 23.4. The molecule has 4 fully saturated rings. The van der Waals surface area contributed by atoms with Crippen LogP contribution in [0.3, 0.4) is 0 Å². The fraction of sp³-hybridized carbons (Fsp3) is 0.536. The number of aromatic nitrogens is 4. The zero-order chi connectivity index (χ0) is 24.9. The highest BCUT2D eigenvalue weighted by atomic mass is 16.5. The molecule has 8 nitrogen and oxygen atoms in total. The van der Waals surface area contributed by atoms with Gasteiger partial charge in [-0.2, -0.15) is 0 Å². The molecule has 4 aliphatic rings. The number of nitrogens with zero attached hydrogens (tertiary/aromatic N) is 5. The largest absolute Gasteiger partial charge is 0.481 e. The van der Waals surface area contributed by atoms with Gasteiger partial charge in [-0.15, -0.1) is 0 Å². The van der Waals surface area contributed by atoms with Crippen LogP contribution < -0.4 is 10.5 Å². The minimum atomic E-state index is -0.240. The van der Waals surface area contributed by atoms with Gasteiger partial charge < -0.3 is 19.8 Å². The minimum absolute atomic E-state index is 0.240. The molecule has 0 aromatic carbocycles. The molecule has 3 aliphatic carbocycles. The predicted octanol–water partition coefficient (Wildman–Crippen LogP) is 4.61. The SMILES string of the molecule is CC(C)c1nc(-c2cnc(N)c(OC(C)c3ccccn3)c2)cn1[C@H]1CC2(N3CCOCC3)CC1C2. The van der Waals surface area contributed by atoms with Crippen molar-refractivity contribution in [3.63, 3.8) is 0 Å². The summed E-state index contributed by atoms with van der Waals surface area (Å²) in [6.45, 7) is 10.3. The summed E-state index contributed by atoms with van der Waals surface area (Å²) in [7, 11) is 0. The van der Waals surface area contributed by atoms with Gasteiger partial charge in [-0.3, -0.25) is 9.88 Å². The first-order chi connectivity index (χ1) is 17.4. The Morgan fingerprint density at radius 3 is 2.64 bits per heavy atom. The topological polar surface area (TPSA) is 91.3 Å². The monoisotopic (exact) mass is 488 g/mol. The Kier molecular flexibility index (Phi) is 5.96. The van der Waals surface area contributed by atoms with E-state index in [9.17, 15) is 0 Å². The molecule has 1 saturated heterocycles. The first-order valence-electron chi connectivity index (χ1n) is 13.2. The van der Waals surface area contributed by atoms with Crippen LogP contribution in [0.5, 0.6) is 5.75 Å². The van der Waals surface area contributed by atoms with Crippen molar-refractivity contribution in [2.75, 3.05) is 32.0 Å². The molecular weight excluding hydrogens is 452 g/mol. The van der Waals surface area contributed by atoms with Crippen molar-refractivity contribution >= 4 is 5.82 Å². The Labute approximate surface area is 212 Å². The van der Waals surface area contributed by atoms with Crippen molar-refractivity contribution in [2.24, 2.45) is 5.92 Å². The maximum atomic E-state index is 6.19. The molecule has 190 valence electrons. The van der Waals surface area contributed by atoms with Gasteiger partial charge in [0.1, 0.15) is 11.9 Å². The number of hydrogen-bond acceptors (Lipinski definition) is 7. The van der Waals surface area contributed by atoms with Crippen molar-refractivity contribution in [2.45, 2.75) is 63.6 Å². The number of pyridine rings is 2. The molecule has 0 radical (unpaired) electrons. The first-order valence-corrected chi connectivity index (χ1v) is 13.2. The Morgan fingerprint density at radius 1 is 1.11 bits per heavy atom. The van der Waals surface area contributed by atoms with Gasteiger partial charge in [0, 0.05) is 54.7 Å². The lowest BCUT2D eigenvalue weighted by molar-refractivity contribution is -0.0494. The second-order valence-corrected chi connectivity index (χ2v) is 10.9. The van der Waals surface area contributed by atoms with Gasteiger partial charge in [0.15, 0.2) is 11.6 Å². The van der Waals surface area contributed by atoms with Crippen LogP contribution in [0.15, 0.2) is 42.9 Å². The summed E-state index contributed by atoms with van der Waals surface area (Å²) in [5, 5.41) is 0. The van der Waals surface area contributed by atoms with E-state index in [2.05, 4.69) is 39.5 Å². The summed E-state index contributed by atoms with van der Waals surface area (Å²) < 4.78 is 14.3. The lowest BCUT2D eigenvalue weighted by Gasteiger charge is -2.49. The Hall–Kier alpha value is -2.97. The van der Waals surface area contributed by atoms with E-state index in [1.54, 1.807) is 12.4 Å². The van der Waals surface area contributed by atoms with Crippen molar-refractivity contribution < 1.29 is 9.47 Å². The van der Waals surface area contributed by atoms with Crippen molar-refractivity contribution in [1.82, 2.24) is 24.4 Å². The van der Waals surface area contributed by atoms with Crippen LogP contribution in [-0.4, -0.2) is 56.3 Å². The van der Waals surface area contributed by atoms with Crippen LogP contribution in [0.25, 0.3) is 11.3 Å². The molecule has 2 bridgehead atoms. The molecule has 0 spiro atoms. The van der Waals surface area contributed by atoms with Gasteiger partial charge in [0.25, 0.3) is 0 Å². The Morgan fingerprint density at radius 2 is 1.92 bits per heavy atom. The van der Waals surface area contributed by atoms with Crippen LogP contribution in [0.1, 0.15) is 69.6 Å². The van der Waals surface area contributed by atoms with Crippen molar-refractivity contribution in [1.29, 1.82) is 0 Å². The van der Waals surface area contributed by atoms with Crippen LogP contribution in [0.2, 0.25) is 0 Å². The summed E-state index contributed by atoms with van der Waals surface area (Å²) in [4.78, 5) is 16.6. The molecule has 0 amide bonds. The molecule has 1 aliphatic heterocycles. The number of morpholine rings is 1. The maximum Gasteiger partial charge on any atom is 0.166 e. The average molecular weight is 489 g/mol. The highest BCUT2D eigenvalue weighted by Crippen LogP contribution is 2.61. The van der Waals surface area contributed by atoms with E-state index in [1.807, 2.05) is 31.2 Å². The Bertz CT molecular complexity index is 1210. The molecule has 3 aromatic rings. The minimum Gasteiger partial charge on any atom is -0.481 e. The highest BCUT2D eigenvalue weighted by molar-refractivity contribution is 5.64. The Balaban J connectivity index is 1.26. The van der Waals surface area contributed by atoms with E-state index >= 15 is 0 Å². The lowest BCUT2D eigenvalue weighted by atomic mass is 9.75. The van der Waals surface area contributed by atoms with E-state index in [1.165, 1.54) is 19.3 Å². The summed E-state index contributed by atoms with van der Waals surface area (Å²) >= 11 is 0. The van der Waals surface area contributed by atoms with E-state index in [0.717, 1.165) is 55.0 Å². The third kappa shape index (κ3) is 4.06. The molecule has 7 rings (SSSR count). The summed E-state index contributed by atoms with van der Waals surface area (Å²) in [6.07, 6.45) is 9.33. The lowest BCUT2D eigenvalue weighted by Crippen LogP contribution is -2.56. The number of imidazole rings is 1. The van der Waals surface area contributed by atoms with E-state index in [4.69, 9.17) is 20.2 Å². The molecule has 2 atom stereocenters. The number of anilines is 1. The molecular formula is C28H36N6O2. The average Bonchev–Trinajstić information content (AvgIpc) is 3.58. The van der Waals surface area contributed by atoms with E-state index < -0.39 is 0 Å². The van der Waals surface area contributed by atoms with Gasteiger partial charge in [-0.05, 0) is 50.3 Å². The van der Waals surface area contributed by atoms with Gasteiger partial charge in [0.05, 0.1) is 24.6 Å². The molecule has 8 heteroatoms. The molecule has 36 heavy (non-hydrogen) atoms. The van der Waals surface area contributed by atoms with Crippen LogP contribution in [0.4, 0.5) is 5.82 Å². The fourth-order valence-corrected chi connectivity index (χ4v) is 6.46. The number of fused-ring (bicyclic) bond motifs is 1. The van der Waals surface area contributed by atoms with Crippen molar-refractivity contribution in [3.8, 4) is 17.0 Å². The third-order valence-electron chi connectivity index (χ3n) is 8.32. The van der Waals surface area contributed by atoms with Gasteiger partial charge in [-0.25, -0.2) is 9.97 Å². The van der Waals surface area contributed by atoms with Crippen molar-refractivity contribution in [3.05, 3.63) is 54.4 Å². The van der Waals surface area contributed by atoms with E-state index in [-0.39, 0.29) is 6.10 Å². The number of nitrogens with two attached hydrogens (primary N) is 1. The van der Waals surface area contributed by atoms with Gasteiger partial charge >= 0.3 is 0 Å².